The molecule has 1 fully saturated rings. The zero-order chi connectivity index (χ0) is 9.64. The van der Waals surface area contributed by atoms with Gasteiger partial charge in [0.15, 0.2) is 0 Å². The lowest BCUT2D eigenvalue weighted by Crippen LogP contribution is -2.21. The van der Waals surface area contributed by atoms with Crippen LogP contribution in [0.1, 0.15) is 18.9 Å². The molecule has 1 aliphatic carbocycles. The van der Waals surface area contributed by atoms with E-state index in [-0.39, 0.29) is 11.4 Å². The maximum atomic E-state index is 12.9. The van der Waals surface area contributed by atoms with E-state index < -0.39 is 0 Å². The van der Waals surface area contributed by atoms with Gasteiger partial charge in [-0.1, -0.05) is 13.0 Å². The molecule has 1 saturated carbocycles. The first kappa shape index (κ1) is 9.16. The second-order valence-electron chi connectivity index (χ2n) is 3.77. The van der Waals surface area contributed by atoms with Gasteiger partial charge in [0.25, 0.3) is 0 Å². The molecule has 1 aliphatic rings. The van der Waals surface area contributed by atoms with E-state index in [0.717, 1.165) is 12.0 Å². The maximum Gasteiger partial charge on any atom is 0.137 e. The van der Waals surface area contributed by atoms with E-state index in [2.05, 4.69) is 22.9 Å². The minimum Gasteiger partial charge on any atom is -0.321 e. The van der Waals surface area contributed by atoms with E-state index in [1.165, 1.54) is 6.07 Å². The first-order valence-corrected chi connectivity index (χ1v) is 5.08. The van der Waals surface area contributed by atoms with Crippen molar-refractivity contribution >= 4 is 15.9 Å². The molecule has 13 heavy (non-hydrogen) atoms. The van der Waals surface area contributed by atoms with Crippen LogP contribution in [0.3, 0.4) is 0 Å². The van der Waals surface area contributed by atoms with Gasteiger partial charge in [-0.3, -0.25) is 0 Å². The first-order chi connectivity index (χ1) is 6.04. The number of hydrogen-bond acceptors (Lipinski definition) is 1. The van der Waals surface area contributed by atoms with Crippen LogP contribution in [0, 0.1) is 11.7 Å². The summed E-state index contributed by atoms with van der Waals surface area (Å²) in [5.74, 6) is 0.269. The van der Waals surface area contributed by atoms with Gasteiger partial charge in [-0.2, -0.15) is 0 Å². The van der Waals surface area contributed by atoms with Crippen molar-refractivity contribution in [2.75, 3.05) is 0 Å². The van der Waals surface area contributed by atoms with Gasteiger partial charge in [0, 0.05) is 5.54 Å². The van der Waals surface area contributed by atoms with Crippen LogP contribution in [0.5, 0.6) is 0 Å². The van der Waals surface area contributed by atoms with Gasteiger partial charge in [-0.25, -0.2) is 4.39 Å². The van der Waals surface area contributed by atoms with Gasteiger partial charge in [-0.05, 0) is 46.0 Å². The monoisotopic (exact) mass is 243 g/mol. The van der Waals surface area contributed by atoms with Crippen LogP contribution in [0.15, 0.2) is 22.7 Å². The zero-order valence-electron chi connectivity index (χ0n) is 7.35. The lowest BCUT2D eigenvalue weighted by Gasteiger charge is -2.10. The minimum atomic E-state index is -0.236. The van der Waals surface area contributed by atoms with Gasteiger partial charge in [0.2, 0.25) is 0 Å². The van der Waals surface area contributed by atoms with Crippen molar-refractivity contribution in [3.05, 3.63) is 34.1 Å². The van der Waals surface area contributed by atoms with Crippen molar-refractivity contribution in [2.24, 2.45) is 11.7 Å². The number of nitrogens with two attached hydrogens (primary N) is 1. The van der Waals surface area contributed by atoms with Crippen LogP contribution in [0.2, 0.25) is 0 Å². The number of hydrogen-bond donors (Lipinski definition) is 1. The summed E-state index contributed by atoms with van der Waals surface area (Å²) in [4.78, 5) is 0. The van der Waals surface area contributed by atoms with Gasteiger partial charge < -0.3 is 5.73 Å². The fraction of sp³-hybridized carbons (Fsp3) is 0.400. The molecule has 2 rings (SSSR count). The third-order valence-corrected chi connectivity index (χ3v) is 3.43. The summed E-state index contributed by atoms with van der Waals surface area (Å²) < 4.78 is 13.4. The van der Waals surface area contributed by atoms with Crippen LogP contribution < -0.4 is 5.73 Å². The Kier molecular flexibility index (Phi) is 1.96. The van der Waals surface area contributed by atoms with Crippen molar-refractivity contribution in [2.45, 2.75) is 18.9 Å². The highest BCUT2D eigenvalue weighted by Crippen LogP contribution is 2.49. The van der Waals surface area contributed by atoms with E-state index in [9.17, 15) is 4.39 Å². The van der Waals surface area contributed by atoms with Crippen molar-refractivity contribution in [3.8, 4) is 0 Å². The summed E-state index contributed by atoms with van der Waals surface area (Å²) in [5.41, 5.74) is 6.90. The Morgan fingerprint density at radius 3 is 2.69 bits per heavy atom. The lowest BCUT2D eigenvalue weighted by molar-refractivity contribution is 0.613. The Morgan fingerprint density at radius 1 is 1.62 bits per heavy atom. The Hall–Kier alpha value is -0.410. The Labute approximate surface area is 85.3 Å². The number of halogens is 2. The molecule has 0 spiro atoms. The van der Waals surface area contributed by atoms with Crippen molar-refractivity contribution in [1.82, 2.24) is 0 Å². The van der Waals surface area contributed by atoms with Crippen molar-refractivity contribution in [3.63, 3.8) is 0 Å². The maximum absolute atomic E-state index is 12.9. The summed E-state index contributed by atoms with van der Waals surface area (Å²) in [7, 11) is 0. The summed E-state index contributed by atoms with van der Waals surface area (Å²) in [5, 5.41) is 0. The van der Waals surface area contributed by atoms with Crippen LogP contribution in [0.25, 0.3) is 0 Å². The molecular weight excluding hydrogens is 233 g/mol. The average Bonchev–Trinajstić information content (AvgIpc) is 2.67. The second kappa shape index (κ2) is 2.79. The third-order valence-electron chi connectivity index (χ3n) is 2.82. The van der Waals surface area contributed by atoms with Gasteiger partial charge in [0.05, 0.1) is 4.47 Å². The number of rotatable bonds is 1. The Morgan fingerprint density at radius 2 is 2.23 bits per heavy atom. The van der Waals surface area contributed by atoms with Crippen LogP contribution in [-0.2, 0) is 5.54 Å². The van der Waals surface area contributed by atoms with Gasteiger partial charge >= 0.3 is 0 Å². The van der Waals surface area contributed by atoms with E-state index in [0.29, 0.717) is 10.4 Å². The predicted octanol–water partition coefficient (Wildman–Crippen LogP) is 2.78. The third kappa shape index (κ3) is 1.40. The Bertz CT molecular complexity index is 353. The molecule has 0 saturated heterocycles. The highest BCUT2D eigenvalue weighted by Gasteiger charge is 2.48. The smallest absolute Gasteiger partial charge is 0.137 e. The molecule has 0 heterocycles. The van der Waals surface area contributed by atoms with E-state index in [4.69, 9.17) is 5.73 Å². The van der Waals surface area contributed by atoms with E-state index in [1.54, 1.807) is 12.1 Å². The second-order valence-corrected chi connectivity index (χ2v) is 4.63. The average molecular weight is 244 g/mol. The molecular formula is C10H11BrFN. The SMILES string of the molecule is CC1CC1(N)c1ccc(F)c(Br)c1. The molecule has 0 aliphatic heterocycles. The molecule has 70 valence electrons. The molecule has 2 unspecified atom stereocenters. The molecule has 1 aromatic rings. The van der Waals surface area contributed by atoms with Gasteiger partial charge in [-0.15, -0.1) is 0 Å². The fourth-order valence-corrected chi connectivity index (χ4v) is 2.01. The van der Waals surface area contributed by atoms with Crippen LogP contribution in [0.4, 0.5) is 4.39 Å². The van der Waals surface area contributed by atoms with Crippen LogP contribution in [-0.4, -0.2) is 0 Å². The summed E-state index contributed by atoms with van der Waals surface area (Å²) in [6, 6.07) is 5.00. The minimum absolute atomic E-state index is 0.212. The highest BCUT2D eigenvalue weighted by molar-refractivity contribution is 9.10. The molecule has 1 aromatic carbocycles. The summed E-state index contributed by atoms with van der Waals surface area (Å²) >= 11 is 3.16. The molecule has 0 aromatic heterocycles. The summed E-state index contributed by atoms with van der Waals surface area (Å²) in [6.07, 6.45) is 0.991. The Balaban J connectivity index is 2.38. The fourth-order valence-electron chi connectivity index (χ4n) is 1.64. The van der Waals surface area contributed by atoms with Crippen LogP contribution >= 0.6 is 15.9 Å². The lowest BCUT2D eigenvalue weighted by atomic mass is 10.0. The highest BCUT2D eigenvalue weighted by atomic mass is 79.9. The largest absolute Gasteiger partial charge is 0.321 e. The summed E-state index contributed by atoms with van der Waals surface area (Å²) in [6.45, 7) is 2.11. The molecule has 3 heteroatoms. The quantitative estimate of drug-likeness (QED) is 0.807. The molecule has 2 N–H and O–H groups in total. The predicted molar refractivity (Wildman–Crippen MR) is 53.7 cm³/mol. The standard InChI is InChI=1S/C10H11BrFN/c1-6-5-10(6,13)7-2-3-9(12)8(11)4-7/h2-4,6H,5,13H2,1H3. The topological polar surface area (TPSA) is 26.0 Å². The molecule has 0 radical (unpaired) electrons. The number of benzene rings is 1. The van der Waals surface area contributed by atoms with Gasteiger partial charge in [0.1, 0.15) is 5.82 Å². The van der Waals surface area contributed by atoms with E-state index in [1.807, 2.05) is 0 Å². The van der Waals surface area contributed by atoms with Crippen molar-refractivity contribution < 1.29 is 4.39 Å². The molecule has 0 amide bonds. The molecule has 2 atom stereocenters. The first-order valence-electron chi connectivity index (χ1n) is 4.28. The molecule has 0 bridgehead atoms. The normalized spacial score (nSPS) is 31.8. The zero-order valence-corrected chi connectivity index (χ0v) is 8.94. The van der Waals surface area contributed by atoms with Crippen molar-refractivity contribution in [1.29, 1.82) is 0 Å². The molecule has 1 nitrogen and oxygen atoms in total. The van der Waals surface area contributed by atoms with E-state index >= 15 is 0 Å².